The minimum absolute atomic E-state index is 0.353. The zero-order valence-corrected chi connectivity index (χ0v) is 10.5. The lowest BCUT2D eigenvalue weighted by Crippen LogP contribution is -2.19. The van der Waals surface area contributed by atoms with Crippen LogP contribution in [0.25, 0.3) is 0 Å². The van der Waals surface area contributed by atoms with E-state index in [1.54, 1.807) is 6.07 Å². The Hall–Kier alpha value is -1.40. The number of hydrogen-bond acceptors (Lipinski definition) is 5. The van der Waals surface area contributed by atoms with Crippen molar-refractivity contribution in [3.8, 4) is 0 Å². The second kappa shape index (κ2) is 5.50. The fraction of sp³-hybridized carbons (Fsp3) is 0.500. The van der Waals surface area contributed by atoms with E-state index in [2.05, 4.69) is 10.3 Å². The molecule has 2 heterocycles. The number of nitrogens with one attached hydrogen (secondary N) is 1. The second-order valence-electron chi connectivity index (χ2n) is 4.13. The van der Waals surface area contributed by atoms with Crippen molar-refractivity contribution in [1.29, 1.82) is 0 Å². The number of fused-ring (bicyclic) bond motifs is 1. The van der Waals surface area contributed by atoms with Crippen LogP contribution in [0.2, 0.25) is 0 Å². The molecule has 5 nitrogen and oxygen atoms in total. The Morgan fingerprint density at radius 2 is 2.22 bits per heavy atom. The number of anilines is 1. The number of aromatic nitrogens is 1. The van der Waals surface area contributed by atoms with E-state index in [1.807, 2.05) is 0 Å². The Balaban J connectivity index is 2.51. The largest absolute Gasteiger partial charge is 0.370 e. The number of pyridine rings is 1. The summed E-state index contributed by atoms with van der Waals surface area (Å²) >= 11 is 0. The third-order valence-corrected chi connectivity index (χ3v) is 2.96. The van der Waals surface area contributed by atoms with Crippen molar-refractivity contribution in [2.45, 2.75) is 19.1 Å². The molecule has 0 amide bonds. The van der Waals surface area contributed by atoms with Gasteiger partial charge in [-0.2, -0.15) is 0 Å². The summed E-state index contributed by atoms with van der Waals surface area (Å²) in [7, 11) is 8.37. The number of aryl methyl sites for hydroxylation is 1. The van der Waals surface area contributed by atoms with Gasteiger partial charge in [-0.1, -0.05) is 0 Å². The van der Waals surface area contributed by atoms with Crippen LogP contribution in [0.1, 0.15) is 34.3 Å². The van der Waals surface area contributed by atoms with E-state index in [0.29, 0.717) is 11.3 Å². The number of rotatable bonds is 4. The SMILES string of the molecule is [B]C(=O)c1cc2c(nc1C(OC)OC)NCCC2. The third kappa shape index (κ3) is 2.39. The van der Waals surface area contributed by atoms with Crippen molar-refractivity contribution in [3.63, 3.8) is 0 Å². The van der Waals surface area contributed by atoms with Gasteiger partial charge < -0.3 is 19.6 Å². The van der Waals surface area contributed by atoms with Crippen LogP contribution in [-0.4, -0.2) is 39.3 Å². The van der Waals surface area contributed by atoms with E-state index in [1.165, 1.54) is 14.2 Å². The quantitative estimate of drug-likeness (QED) is 0.635. The Bertz CT molecular complexity index is 461. The van der Waals surface area contributed by atoms with Gasteiger partial charge in [-0.15, -0.1) is 0 Å². The maximum absolute atomic E-state index is 11.5. The molecule has 0 saturated heterocycles. The molecule has 1 aromatic rings. The molecule has 1 aromatic heterocycles. The predicted octanol–water partition coefficient (Wildman–Crippen LogP) is 1.04. The molecule has 0 unspecified atom stereocenters. The third-order valence-electron chi connectivity index (χ3n) is 2.96. The zero-order valence-electron chi connectivity index (χ0n) is 10.5. The Morgan fingerprint density at radius 1 is 1.50 bits per heavy atom. The Kier molecular flexibility index (Phi) is 3.99. The van der Waals surface area contributed by atoms with E-state index >= 15 is 0 Å². The maximum Gasteiger partial charge on any atom is 0.201 e. The number of carbonyl (C=O) groups is 1. The lowest BCUT2D eigenvalue weighted by atomic mass is 9.91. The monoisotopic (exact) mass is 246 g/mol. The van der Waals surface area contributed by atoms with Crippen LogP contribution in [0.4, 0.5) is 5.82 Å². The van der Waals surface area contributed by atoms with Gasteiger partial charge in [0.25, 0.3) is 0 Å². The summed E-state index contributed by atoms with van der Waals surface area (Å²) in [5.74, 6) is 0.778. The summed E-state index contributed by atoms with van der Waals surface area (Å²) in [5, 5.41) is 3.20. The molecule has 94 valence electrons. The van der Waals surface area contributed by atoms with Gasteiger partial charge in [-0.05, 0) is 24.5 Å². The van der Waals surface area contributed by atoms with Crippen LogP contribution >= 0.6 is 0 Å². The number of ether oxygens (including phenoxy) is 2. The molecular formula is C12H15BN2O3. The second-order valence-corrected chi connectivity index (χ2v) is 4.13. The molecule has 1 aliphatic heterocycles. The van der Waals surface area contributed by atoms with Crippen molar-refractivity contribution in [1.82, 2.24) is 4.98 Å². The topological polar surface area (TPSA) is 60.5 Å². The van der Waals surface area contributed by atoms with Crippen LogP contribution in [-0.2, 0) is 15.9 Å². The molecule has 0 saturated carbocycles. The van der Waals surface area contributed by atoms with E-state index in [9.17, 15) is 4.79 Å². The lowest BCUT2D eigenvalue weighted by molar-refractivity contribution is -0.108. The van der Waals surface area contributed by atoms with Crippen LogP contribution in [0.5, 0.6) is 0 Å². The van der Waals surface area contributed by atoms with Crippen LogP contribution in [0, 0.1) is 0 Å². The van der Waals surface area contributed by atoms with Crippen LogP contribution in [0.15, 0.2) is 6.07 Å². The Morgan fingerprint density at radius 3 is 2.83 bits per heavy atom. The van der Waals surface area contributed by atoms with Crippen LogP contribution < -0.4 is 5.32 Å². The average Bonchev–Trinajstić information content (AvgIpc) is 2.39. The van der Waals surface area contributed by atoms with E-state index in [4.69, 9.17) is 17.3 Å². The fourth-order valence-electron chi connectivity index (χ4n) is 2.09. The van der Waals surface area contributed by atoms with Gasteiger partial charge in [0.1, 0.15) is 17.2 Å². The number of carbonyl (C=O) groups excluding carboxylic acids is 1. The summed E-state index contributed by atoms with van der Waals surface area (Å²) in [6.07, 6.45) is 1.21. The molecule has 18 heavy (non-hydrogen) atoms. The Labute approximate surface area is 107 Å². The molecule has 2 rings (SSSR count). The van der Waals surface area contributed by atoms with Crippen LogP contribution in [0.3, 0.4) is 0 Å². The molecule has 0 atom stereocenters. The maximum atomic E-state index is 11.5. The number of hydrogen-bond donors (Lipinski definition) is 1. The van der Waals surface area contributed by atoms with E-state index in [0.717, 1.165) is 30.8 Å². The molecule has 0 fully saturated rings. The highest BCUT2D eigenvalue weighted by molar-refractivity contribution is 6.62. The first kappa shape index (κ1) is 13.0. The van der Waals surface area contributed by atoms with Gasteiger partial charge in [0.15, 0.2) is 7.85 Å². The standard InChI is InChI=1S/C12H15BN2O3/c1-17-12(18-2)9-8(10(13)16)6-7-4-3-5-14-11(7)15-9/h6,12H,3-5H2,1-2H3,(H,14,15). The molecule has 1 N–H and O–H groups in total. The molecule has 0 bridgehead atoms. The van der Waals surface area contributed by atoms with Crippen molar-refractivity contribution >= 4 is 19.3 Å². The first-order valence-electron chi connectivity index (χ1n) is 5.80. The first-order chi connectivity index (χ1) is 8.67. The molecule has 1 aliphatic rings. The molecule has 2 radical (unpaired) electrons. The smallest absolute Gasteiger partial charge is 0.201 e. The zero-order chi connectivity index (χ0) is 13.1. The highest BCUT2D eigenvalue weighted by Gasteiger charge is 2.22. The summed E-state index contributed by atoms with van der Waals surface area (Å²) in [4.78, 5) is 15.9. The molecule has 0 aliphatic carbocycles. The average molecular weight is 246 g/mol. The van der Waals surface area contributed by atoms with Crippen molar-refractivity contribution < 1.29 is 14.3 Å². The van der Waals surface area contributed by atoms with Gasteiger partial charge in [0.2, 0.25) is 6.29 Å². The summed E-state index contributed by atoms with van der Waals surface area (Å²) in [6.45, 7) is 0.875. The summed E-state index contributed by atoms with van der Waals surface area (Å²) in [5.41, 5.74) is 1.25. The highest BCUT2D eigenvalue weighted by Crippen LogP contribution is 2.27. The minimum atomic E-state index is -0.693. The van der Waals surface area contributed by atoms with E-state index < -0.39 is 12.0 Å². The predicted molar refractivity (Wildman–Crippen MR) is 67.9 cm³/mol. The van der Waals surface area contributed by atoms with Gasteiger partial charge in [0.05, 0.1) is 0 Å². The normalized spacial score (nSPS) is 14.2. The molecule has 6 heteroatoms. The van der Waals surface area contributed by atoms with Crippen molar-refractivity contribution in [2.75, 3.05) is 26.1 Å². The summed E-state index contributed by atoms with van der Waals surface area (Å²) in [6, 6.07) is 1.78. The number of nitrogens with zero attached hydrogens (tertiary/aromatic N) is 1. The van der Waals surface area contributed by atoms with Gasteiger partial charge in [-0.25, -0.2) is 4.98 Å². The molecule has 0 aromatic carbocycles. The summed E-state index contributed by atoms with van der Waals surface area (Å²) < 4.78 is 10.3. The molecular weight excluding hydrogens is 231 g/mol. The van der Waals surface area contributed by atoms with Gasteiger partial charge in [0, 0.05) is 26.3 Å². The minimum Gasteiger partial charge on any atom is -0.370 e. The van der Waals surface area contributed by atoms with E-state index in [-0.39, 0.29) is 0 Å². The first-order valence-corrected chi connectivity index (χ1v) is 5.80. The van der Waals surface area contributed by atoms with Crippen molar-refractivity contribution in [3.05, 3.63) is 22.9 Å². The molecule has 0 spiro atoms. The van der Waals surface area contributed by atoms with Gasteiger partial charge in [-0.3, -0.25) is 0 Å². The van der Waals surface area contributed by atoms with Gasteiger partial charge >= 0.3 is 0 Å². The van der Waals surface area contributed by atoms with Crippen molar-refractivity contribution in [2.24, 2.45) is 0 Å². The number of methoxy groups -OCH3 is 2. The fourth-order valence-corrected chi connectivity index (χ4v) is 2.09. The lowest BCUT2D eigenvalue weighted by Gasteiger charge is -2.22. The highest BCUT2D eigenvalue weighted by atomic mass is 16.7.